The van der Waals surface area contributed by atoms with Gasteiger partial charge < -0.3 is 9.47 Å². The van der Waals surface area contributed by atoms with Gasteiger partial charge in [-0.15, -0.1) is 0 Å². The average Bonchev–Trinajstić information content (AvgIpc) is 2.79. The van der Waals surface area contributed by atoms with Crippen molar-refractivity contribution >= 4 is 5.97 Å². The highest BCUT2D eigenvalue weighted by Gasteiger charge is 2.52. The Morgan fingerprint density at radius 3 is 2.68 bits per heavy atom. The third-order valence-corrected chi connectivity index (χ3v) is 7.03. The quantitative estimate of drug-likeness (QED) is 0.567. The van der Waals surface area contributed by atoms with Crippen LogP contribution in [0.5, 0.6) is 0 Å². The standard InChI is InChI=1S/C21H33NO3/c1-13-6-5-7-21(4)9-19-16(8-18(13)21)17(20(23)25-19)12-22-10-14(2)24-15(3)11-22/h8,13-17,19H,5-7,9-12H2,1-4H3. The van der Waals surface area contributed by atoms with Crippen LogP contribution >= 0.6 is 0 Å². The van der Waals surface area contributed by atoms with Gasteiger partial charge in [-0.2, -0.15) is 0 Å². The number of nitrogens with zero attached hydrogens (tertiary/aromatic N) is 1. The molecule has 0 aromatic rings. The Balaban J connectivity index is 1.55. The number of morpholine rings is 1. The number of rotatable bonds is 2. The third kappa shape index (κ3) is 3.16. The van der Waals surface area contributed by atoms with Crippen molar-refractivity contribution in [3.05, 3.63) is 11.6 Å². The molecule has 140 valence electrons. The van der Waals surface area contributed by atoms with E-state index in [-0.39, 0.29) is 41.5 Å². The van der Waals surface area contributed by atoms with Gasteiger partial charge in [-0.25, -0.2) is 0 Å². The SMILES string of the molecule is CC1CN(CC2C(=O)OC3CC4(C)CCCC(C)C4=CC32)CC(C)O1. The Labute approximate surface area is 151 Å². The summed E-state index contributed by atoms with van der Waals surface area (Å²) in [6, 6.07) is 0. The lowest BCUT2D eigenvalue weighted by atomic mass is 9.59. The molecule has 0 bridgehead atoms. The molecule has 3 fully saturated rings. The van der Waals surface area contributed by atoms with Crippen LogP contribution in [0.4, 0.5) is 0 Å². The van der Waals surface area contributed by atoms with Crippen molar-refractivity contribution in [1.29, 1.82) is 0 Å². The lowest BCUT2D eigenvalue weighted by Crippen LogP contribution is -2.48. The maximum absolute atomic E-state index is 12.7. The highest BCUT2D eigenvalue weighted by atomic mass is 16.6. The van der Waals surface area contributed by atoms with Crippen molar-refractivity contribution in [2.75, 3.05) is 19.6 Å². The number of fused-ring (bicyclic) bond motifs is 2. The summed E-state index contributed by atoms with van der Waals surface area (Å²) in [7, 11) is 0. The van der Waals surface area contributed by atoms with E-state index in [1.807, 2.05) is 0 Å². The molecule has 0 aromatic heterocycles. The summed E-state index contributed by atoms with van der Waals surface area (Å²) in [5.41, 5.74) is 1.85. The molecule has 7 unspecified atom stereocenters. The normalized spacial score (nSPS) is 47.7. The van der Waals surface area contributed by atoms with E-state index in [2.05, 4.69) is 38.7 Å². The fourth-order valence-electron chi connectivity index (χ4n) is 5.97. The molecule has 7 atom stereocenters. The summed E-state index contributed by atoms with van der Waals surface area (Å²) in [5.74, 6) is 0.936. The second kappa shape index (κ2) is 6.38. The highest BCUT2D eigenvalue weighted by molar-refractivity contribution is 5.76. The van der Waals surface area contributed by atoms with Crippen LogP contribution in [0.2, 0.25) is 0 Å². The van der Waals surface area contributed by atoms with Gasteiger partial charge in [0.05, 0.1) is 18.1 Å². The monoisotopic (exact) mass is 347 g/mol. The van der Waals surface area contributed by atoms with Crippen LogP contribution in [0.25, 0.3) is 0 Å². The summed E-state index contributed by atoms with van der Waals surface area (Å²) < 4.78 is 11.7. The third-order valence-electron chi connectivity index (χ3n) is 7.03. The van der Waals surface area contributed by atoms with Gasteiger partial charge in [0.15, 0.2) is 0 Å². The molecule has 4 rings (SSSR count). The van der Waals surface area contributed by atoms with E-state index in [9.17, 15) is 4.79 Å². The molecule has 0 spiro atoms. The highest BCUT2D eigenvalue weighted by Crippen LogP contribution is 2.54. The summed E-state index contributed by atoms with van der Waals surface area (Å²) in [4.78, 5) is 15.1. The molecular formula is C21H33NO3. The molecule has 2 heterocycles. The van der Waals surface area contributed by atoms with Crippen LogP contribution in [0.15, 0.2) is 11.6 Å². The maximum atomic E-state index is 12.7. The van der Waals surface area contributed by atoms with Crippen LogP contribution in [0.1, 0.15) is 53.4 Å². The average molecular weight is 347 g/mol. The zero-order valence-corrected chi connectivity index (χ0v) is 16.2. The molecule has 2 saturated heterocycles. The minimum absolute atomic E-state index is 0.00586. The van der Waals surface area contributed by atoms with E-state index in [4.69, 9.17) is 9.47 Å². The molecule has 0 radical (unpaired) electrons. The summed E-state index contributed by atoms with van der Waals surface area (Å²) in [6.07, 6.45) is 7.88. The van der Waals surface area contributed by atoms with E-state index in [0.717, 1.165) is 26.1 Å². The lowest BCUT2D eigenvalue weighted by Gasteiger charge is -2.46. The fraction of sp³-hybridized carbons (Fsp3) is 0.857. The molecule has 2 aliphatic heterocycles. The largest absolute Gasteiger partial charge is 0.461 e. The number of esters is 1. The van der Waals surface area contributed by atoms with Gasteiger partial charge >= 0.3 is 5.97 Å². The van der Waals surface area contributed by atoms with E-state index < -0.39 is 0 Å². The summed E-state index contributed by atoms with van der Waals surface area (Å²) >= 11 is 0. The van der Waals surface area contributed by atoms with Crippen LogP contribution in [0, 0.1) is 23.2 Å². The van der Waals surface area contributed by atoms with Gasteiger partial charge in [-0.05, 0) is 44.4 Å². The number of hydrogen-bond acceptors (Lipinski definition) is 4. The Hall–Kier alpha value is -0.870. The number of hydrogen-bond donors (Lipinski definition) is 0. The maximum Gasteiger partial charge on any atom is 0.311 e. The van der Waals surface area contributed by atoms with Crippen LogP contribution in [-0.4, -0.2) is 48.8 Å². The second-order valence-corrected chi connectivity index (χ2v) is 9.32. The van der Waals surface area contributed by atoms with E-state index >= 15 is 0 Å². The first-order chi connectivity index (χ1) is 11.9. The molecule has 4 nitrogen and oxygen atoms in total. The van der Waals surface area contributed by atoms with Gasteiger partial charge in [0.25, 0.3) is 0 Å². The predicted molar refractivity (Wildman–Crippen MR) is 97.1 cm³/mol. The first-order valence-electron chi connectivity index (χ1n) is 10.2. The molecule has 25 heavy (non-hydrogen) atoms. The number of ether oxygens (including phenoxy) is 2. The predicted octanol–water partition coefficient (Wildman–Crippen LogP) is 3.41. The minimum Gasteiger partial charge on any atom is -0.461 e. The number of carbonyl (C=O) groups is 1. The first kappa shape index (κ1) is 17.5. The van der Waals surface area contributed by atoms with Crippen LogP contribution < -0.4 is 0 Å². The Morgan fingerprint density at radius 1 is 1.24 bits per heavy atom. The van der Waals surface area contributed by atoms with Gasteiger partial charge in [0.1, 0.15) is 6.10 Å². The fourth-order valence-corrected chi connectivity index (χ4v) is 5.97. The van der Waals surface area contributed by atoms with E-state index in [0.29, 0.717) is 5.92 Å². The molecule has 0 aromatic carbocycles. The summed E-state index contributed by atoms with van der Waals surface area (Å²) in [6.45, 7) is 11.6. The van der Waals surface area contributed by atoms with E-state index in [1.54, 1.807) is 5.57 Å². The molecule has 4 heteroatoms. The van der Waals surface area contributed by atoms with Crippen molar-refractivity contribution in [1.82, 2.24) is 4.90 Å². The Kier molecular flexibility index (Phi) is 4.48. The van der Waals surface area contributed by atoms with Crippen molar-refractivity contribution in [3.63, 3.8) is 0 Å². The number of allylic oxidation sites excluding steroid dienone is 1. The van der Waals surface area contributed by atoms with Crippen molar-refractivity contribution in [2.45, 2.75) is 71.7 Å². The van der Waals surface area contributed by atoms with Gasteiger partial charge in [-0.1, -0.05) is 31.9 Å². The van der Waals surface area contributed by atoms with Crippen molar-refractivity contribution in [2.24, 2.45) is 23.2 Å². The smallest absolute Gasteiger partial charge is 0.311 e. The minimum atomic E-state index is -0.00586. The van der Waals surface area contributed by atoms with Gasteiger partial charge in [0.2, 0.25) is 0 Å². The van der Waals surface area contributed by atoms with E-state index in [1.165, 1.54) is 19.3 Å². The molecule has 1 saturated carbocycles. The Bertz CT molecular complexity index is 563. The zero-order valence-electron chi connectivity index (χ0n) is 16.2. The Morgan fingerprint density at radius 2 is 1.96 bits per heavy atom. The number of carbonyl (C=O) groups excluding carboxylic acids is 1. The van der Waals surface area contributed by atoms with Crippen LogP contribution in [0.3, 0.4) is 0 Å². The topological polar surface area (TPSA) is 38.8 Å². The summed E-state index contributed by atoms with van der Waals surface area (Å²) in [5, 5.41) is 0. The van der Waals surface area contributed by atoms with Gasteiger partial charge in [0, 0.05) is 25.6 Å². The lowest BCUT2D eigenvalue weighted by molar-refractivity contribution is -0.146. The van der Waals surface area contributed by atoms with Crippen molar-refractivity contribution < 1.29 is 14.3 Å². The zero-order chi connectivity index (χ0) is 17.8. The molecule has 4 aliphatic rings. The van der Waals surface area contributed by atoms with Gasteiger partial charge in [-0.3, -0.25) is 9.69 Å². The molecule has 0 N–H and O–H groups in total. The first-order valence-corrected chi connectivity index (χ1v) is 10.2. The second-order valence-electron chi connectivity index (χ2n) is 9.32. The molecule has 0 amide bonds. The molecular weight excluding hydrogens is 314 g/mol. The van der Waals surface area contributed by atoms with Crippen molar-refractivity contribution in [3.8, 4) is 0 Å². The molecule has 2 aliphatic carbocycles. The van der Waals surface area contributed by atoms with Crippen LogP contribution in [-0.2, 0) is 14.3 Å².